The first-order valence-corrected chi connectivity index (χ1v) is 6.45. The average molecular weight is 246 g/mol. The fourth-order valence-electron chi connectivity index (χ4n) is 2.99. The SMILES string of the molecule is Cc1cc(C(=O)N2C[C@H]3CNC[C@H]3C2)ccc1O. The molecule has 4 heteroatoms. The van der Waals surface area contributed by atoms with Crippen molar-refractivity contribution in [2.24, 2.45) is 11.8 Å². The molecule has 2 atom stereocenters. The molecule has 0 aliphatic carbocycles. The van der Waals surface area contributed by atoms with Crippen molar-refractivity contribution in [1.82, 2.24) is 10.2 Å². The van der Waals surface area contributed by atoms with Crippen LogP contribution in [0.1, 0.15) is 15.9 Å². The van der Waals surface area contributed by atoms with Crippen molar-refractivity contribution in [2.45, 2.75) is 6.92 Å². The summed E-state index contributed by atoms with van der Waals surface area (Å²) in [5, 5.41) is 12.9. The van der Waals surface area contributed by atoms with Gasteiger partial charge < -0.3 is 15.3 Å². The van der Waals surface area contributed by atoms with Crippen molar-refractivity contribution in [3.63, 3.8) is 0 Å². The number of phenols is 1. The number of aryl methyl sites for hydroxylation is 1. The molecule has 1 aromatic carbocycles. The Morgan fingerprint density at radius 1 is 1.33 bits per heavy atom. The van der Waals surface area contributed by atoms with Gasteiger partial charge in [0.1, 0.15) is 5.75 Å². The predicted octanol–water partition coefficient (Wildman–Crippen LogP) is 0.992. The number of carbonyl (C=O) groups is 1. The summed E-state index contributed by atoms with van der Waals surface area (Å²) >= 11 is 0. The molecule has 0 radical (unpaired) electrons. The van der Waals surface area contributed by atoms with Crippen molar-refractivity contribution < 1.29 is 9.90 Å². The maximum atomic E-state index is 12.4. The van der Waals surface area contributed by atoms with Gasteiger partial charge in [0.05, 0.1) is 0 Å². The fourth-order valence-corrected chi connectivity index (χ4v) is 2.99. The molecule has 2 N–H and O–H groups in total. The van der Waals surface area contributed by atoms with E-state index in [0.717, 1.165) is 31.7 Å². The van der Waals surface area contributed by atoms with Crippen molar-refractivity contribution in [1.29, 1.82) is 0 Å². The number of nitrogens with one attached hydrogen (secondary N) is 1. The van der Waals surface area contributed by atoms with E-state index < -0.39 is 0 Å². The van der Waals surface area contributed by atoms with Crippen LogP contribution >= 0.6 is 0 Å². The molecule has 2 saturated heterocycles. The maximum absolute atomic E-state index is 12.4. The van der Waals surface area contributed by atoms with Gasteiger partial charge in [0.15, 0.2) is 0 Å². The first-order valence-electron chi connectivity index (χ1n) is 6.45. The van der Waals surface area contributed by atoms with E-state index in [1.165, 1.54) is 0 Å². The Morgan fingerprint density at radius 2 is 2.00 bits per heavy atom. The molecule has 0 saturated carbocycles. The molecule has 1 amide bonds. The third kappa shape index (κ3) is 1.86. The summed E-state index contributed by atoms with van der Waals surface area (Å²) in [5.74, 6) is 1.57. The monoisotopic (exact) mass is 246 g/mol. The van der Waals surface area contributed by atoms with Gasteiger partial charge in [-0.15, -0.1) is 0 Å². The Hall–Kier alpha value is -1.55. The van der Waals surface area contributed by atoms with Crippen molar-refractivity contribution >= 4 is 5.91 Å². The van der Waals surface area contributed by atoms with E-state index >= 15 is 0 Å². The number of fused-ring (bicyclic) bond motifs is 1. The molecular formula is C14H18N2O2. The zero-order valence-corrected chi connectivity index (χ0v) is 10.5. The van der Waals surface area contributed by atoms with Crippen LogP contribution in [0, 0.1) is 18.8 Å². The number of nitrogens with zero attached hydrogens (tertiary/aromatic N) is 1. The number of hydrogen-bond acceptors (Lipinski definition) is 3. The number of benzene rings is 1. The smallest absolute Gasteiger partial charge is 0.253 e. The van der Waals surface area contributed by atoms with Gasteiger partial charge >= 0.3 is 0 Å². The molecule has 0 spiro atoms. The molecule has 2 aliphatic rings. The highest BCUT2D eigenvalue weighted by molar-refractivity contribution is 5.94. The number of likely N-dealkylation sites (tertiary alicyclic amines) is 1. The minimum atomic E-state index is 0.0903. The molecule has 96 valence electrons. The molecule has 0 unspecified atom stereocenters. The van der Waals surface area contributed by atoms with Crippen LogP contribution in [0.4, 0.5) is 0 Å². The number of amides is 1. The molecule has 0 bridgehead atoms. The quantitative estimate of drug-likeness (QED) is 0.777. The van der Waals surface area contributed by atoms with Crippen LogP contribution in [0.15, 0.2) is 18.2 Å². The number of carbonyl (C=O) groups excluding carboxylic acids is 1. The predicted molar refractivity (Wildman–Crippen MR) is 68.6 cm³/mol. The minimum absolute atomic E-state index is 0.0903. The Kier molecular flexibility index (Phi) is 2.74. The van der Waals surface area contributed by atoms with Gasteiger partial charge in [0, 0.05) is 31.7 Å². The highest BCUT2D eigenvalue weighted by atomic mass is 16.3. The van der Waals surface area contributed by atoms with E-state index in [1.807, 2.05) is 11.8 Å². The zero-order chi connectivity index (χ0) is 12.7. The summed E-state index contributed by atoms with van der Waals surface area (Å²) in [4.78, 5) is 14.3. The molecule has 3 rings (SSSR count). The molecular weight excluding hydrogens is 228 g/mol. The summed E-state index contributed by atoms with van der Waals surface area (Å²) in [5.41, 5.74) is 1.43. The number of phenolic OH excluding ortho intramolecular Hbond substituents is 1. The normalized spacial score (nSPS) is 26.4. The van der Waals surface area contributed by atoms with Crippen LogP contribution in [0.2, 0.25) is 0 Å². The third-order valence-corrected chi connectivity index (χ3v) is 4.12. The van der Waals surface area contributed by atoms with Crippen molar-refractivity contribution in [2.75, 3.05) is 26.2 Å². The minimum Gasteiger partial charge on any atom is -0.508 e. The molecule has 0 aromatic heterocycles. The van der Waals surface area contributed by atoms with Gasteiger partial charge in [-0.3, -0.25) is 4.79 Å². The van der Waals surface area contributed by atoms with Gasteiger partial charge in [-0.05, 0) is 42.5 Å². The molecule has 18 heavy (non-hydrogen) atoms. The lowest BCUT2D eigenvalue weighted by Gasteiger charge is -2.18. The highest BCUT2D eigenvalue weighted by Crippen LogP contribution is 2.28. The van der Waals surface area contributed by atoms with Crippen LogP contribution in [0.5, 0.6) is 5.75 Å². The second-order valence-electron chi connectivity index (χ2n) is 5.39. The number of hydrogen-bond donors (Lipinski definition) is 2. The first kappa shape index (κ1) is 11.5. The second-order valence-corrected chi connectivity index (χ2v) is 5.39. The van der Waals surface area contributed by atoms with Crippen LogP contribution in [0.3, 0.4) is 0 Å². The lowest BCUT2D eigenvalue weighted by molar-refractivity contribution is 0.0781. The summed E-state index contributed by atoms with van der Waals surface area (Å²) in [6.45, 7) is 5.59. The molecule has 1 aromatic rings. The summed E-state index contributed by atoms with van der Waals surface area (Å²) in [6.07, 6.45) is 0. The van der Waals surface area contributed by atoms with Crippen molar-refractivity contribution in [3.8, 4) is 5.75 Å². The molecule has 4 nitrogen and oxygen atoms in total. The van der Waals surface area contributed by atoms with Crippen molar-refractivity contribution in [3.05, 3.63) is 29.3 Å². The first-order chi connectivity index (χ1) is 8.65. The van der Waals surface area contributed by atoms with E-state index in [0.29, 0.717) is 17.4 Å². The Morgan fingerprint density at radius 3 is 2.61 bits per heavy atom. The number of aromatic hydroxyl groups is 1. The lowest BCUT2D eigenvalue weighted by atomic mass is 10.0. The Labute approximate surface area is 107 Å². The topological polar surface area (TPSA) is 52.6 Å². The summed E-state index contributed by atoms with van der Waals surface area (Å²) in [6, 6.07) is 5.07. The Bertz CT molecular complexity index is 475. The largest absolute Gasteiger partial charge is 0.508 e. The zero-order valence-electron chi connectivity index (χ0n) is 10.5. The summed E-state index contributed by atoms with van der Waals surface area (Å²) < 4.78 is 0. The molecule has 2 aliphatic heterocycles. The fraction of sp³-hybridized carbons (Fsp3) is 0.500. The molecule has 2 heterocycles. The van der Waals surface area contributed by atoms with Crippen LogP contribution in [-0.4, -0.2) is 42.1 Å². The van der Waals surface area contributed by atoms with Crippen LogP contribution in [0.25, 0.3) is 0 Å². The van der Waals surface area contributed by atoms with E-state index in [2.05, 4.69) is 5.32 Å². The van der Waals surface area contributed by atoms with Gasteiger partial charge in [0.25, 0.3) is 5.91 Å². The maximum Gasteiger partial charge on any atom is 0.253 e. The molecule has 2 fully saturated rings. The third-order valence-electron chi connectivity index (χ3n) is 4.12. The van der Waals surface area contributed by atoms with Gasteiger partial charge in [-0.2, -0.15) is 0 Å². The standard InChI is InChI=1S/C14H18N2O2/c1-9-4-10(2-3-13(9)17)14(18)16-7-11-5-15-6-12(11)8-16/h2-4,11-12,15,17H,5-8H2,1H3/t11-,12+. The summed E-state index contributed by atoms with van der Waals surface area (Å²) in [7, 11) is 0. The van der Waals surface area contributed by atoms with Crippen LogP contribution < -0.4 is 5.32 Å². The van der Waals surface area contributed by atoms with Gasteiger partial charge in [-0.1, -0.05) is 0 Å². The van der Waals surface area contributed by atoms with E-state index in [4.69, 9.17) is 0 Å². The van der Waals surface area contributed by atoms with E-state index in [9.17, 15) is 9.90 Å². The second kappa shape index (κ2) is 4.28. The van der Waals surface area contributed by atoms with Gasteiger partial charge in [-0.25, -0.2) is 0 Å². The Balaban J connectivity index is 1.77. The van der Waals surface area contributed by atoms with Gasteiger partial charge in [0.2, 0.25) is 0 Å². The van der Waals surface area contributed by atoms with E-state index in [-0.39, 0.29) is 11.7 Å². The lowest BCUT2D eigenvalue weighted by Crippen LogP contribution is -2.31. The number of rotatable bonds is 1. The van der Waals surface area contributed by atoms with E-state index in [1.54, 1.807) is 18.2 Å². The highest BCUT2D eigenvalue weighted by Gasteiger charge is 2.38. The average Bonchev–Trinajstić information content (AvgIpc) is 2.92. The van der Waals surface area contributed by atoms with Crippen LogP contribution in [-0.2, 0) is 0 Å².